The lowest BCUT2D eigenvalue weighted by Crippen LogP contribution is -2.25. The fourth-order valence-electron chi connectivity index (χ4n) is 2.02. The SMILES string of the molecule is CC(COc1ccc2c(c1)CC[C@@H]2N)C(N)=O. The molecule has 1 amide bonds. The number of aryl methyl sites for hydroxylation is 1. The fourth-order valence-corrected chi connectivity index (χ4v) is 2.02. The summed E-state index contributed by atoms with van der Waals surface area (Å²) in [5, 5.41) is 0. The van der Waals surface area contributed by atoms with Crippen molar-refractivity contribution in [3.05, 3.63) is 29.3 Å². The number of hydrogen-bond acceptors (Lipinski definition) is 3. The summed E-state index contributed by atoms with van der Waals surface area (Å²) in [6, 6.07) is 6.08. The van der Waals surface area contributed by atoms with Gasteiger partial charge in [0.2, 0.25) is 5.91 Å². The van der Waals surface area contributed by atoms with Crippen molar-refractivity contribution in [2.24, 2.45) is 17.4 Å². The molecule has 0 radical (unpaired) electrons. The van der Waals surface area contributed by atoms with Crippen LogP contribution < -0.4 is 16.2 Å². The van der Waals surface area contributed by atoms with Crippen molar-refractivity contribution in [3.63, 3.8) is 0 Å². The first kappa shape index (κ1) is 11.9. The topological polar surface area (TPSA) is 78.3 Å². The van der Waals surface area contributed by atoms with Crippen molar-refractivity contribution in [1.82, 2.24) is 0 Å². The molecule has 0 bridgehead atoms. The van der Waals surface area contributed by atoms with Gasteiger partial charge in [0.1, 0.15) is 5.75 Å². The van der Waals surface area contributed by atoms with Gasteiger partial charge in [-0.05, 0) is 36.1 Å². The molecule has 4 N–H and O–H groups in total. The van der Waals surface area contributed by atoms with Crippen molar-refractivity contribution in [3.8, 4) is 5.75 Å². The third-order valence-electron chi connectivity index (χ3n) is 3.22. The molecule has 0 saturated heterocycles. The highest BCUT2D eigenvalue weighted by atomic mass is 16.5. The molecule has 0 fully saturated rings. The number of ether oxygens (including phenoxy) is 1. The summed E-state index contributed by atoms with van der Waals surface area (Å²) >= 11 is 0. The van der Waals surface area contributed by atoms with Crippen LogP contribution in [0.15, 0.2) is 18.2 Å². The van der Waals surface area contributed by atoms with Crippen LogP contribution in [-0.2, 0) is 11.2 Å². The van der Waals surface area contributed by atoms with Crippen molar-refractivity contribution < 1.29 is 9.53 Å². The molecule has 0 spiro atoms. The first-order valence-electron chi connectivity index (χ1n) is 5.88. The number of hydrogen-bond donors (Lipinski definition) is 2. The maximum atomic E-state index is 10.9. The molecule has 0 saturated carbocycles. The molecule has 92 valence electrons. The molecule has 2 rings (SSSR count). The molecule has 1 aromatic carbocycles. The predicted octanol–water partition coefficient (Wildman–Crippen LogP) is 1.13. The predicted molar refractivity (Wildman–Crippen MR) is 65.5 cm³/mol. The van der Waals surface area contributed by atoms with Gasteiger partial charge in [-0.3, -0.25) is 4.79 Å². The second-order valence-electron chi connectivity index (χ2n) is 4.62. The number of rotatable bonds is 4. The zero-order chi connectivity index (χ0) is 12.4. The normalized spacial score (nSPS) is 19.8. The van der Waals surface area contributed by atoms with Gasteiger partial charge < -0.3 is 16.2 Å². The molecule has 1 unspecified atom stereocenters. The van der Waals surface area contributed by atoms with Gasteiger partial charge in [0.05, 0.1) is 12.5 Å². The summed E-state index contributed by atoms with van der Waals surface area (Å²) in [5.74, 6) is 0.171. The molecule has 4 heteroatoms. The standard InChI is InChI=1S/C13H18N2O2/c1-8(13(15)16)7-17-10-3-4-11-9(6-10)2-5-12(11)14/h3-4,6,8,12H,2,5,7,14H2,1H3,(H2,15,16)/t8?,12-/m0/s1. The van der Waals surface area contributed by atoms with Gasteiger partial charge in [-0.25, -0.2) is 0 Å². The Kier molecular flexibility index (Phi) is 3.33. The van der Waals surface area contributed by atoms with Gasteiger partial charge in [0.15, 0.2) is 0 Å². The van der Waals surface area contributed by atoms with Crippen LogP contribution in [0, 0.1) is 5.92 Å². The molecular weight excluding hydrogens is 216 g/mol. The number of amides is 1. The van der Waals surface area contributed by atoms with Crippen LogP contribution in [0.2, 0.25) is 0 Å². The van der Waals surface area contributed by atoms with Crippen LogP contribution in [0.4, 0.5) is 0 Å². The van der Waals surface area contributed by atoms with E-state index in [0.717, 1.165) is 18.6 Å². The van der Waals surface area contributed by atoms with Crippen LogP contribution >= 0.6 is 0 Å². The lowest BCUT2D eigenvalue weighted by atomic mass is 10.1. The van der Waals surface area contributed by atoms with E-state index in [4.69, 9.17) is 16.2 Å². The molecular formula is C13H18N2O2. The summed E-state index contributed by atoms with van der Waals surface area (Å²) < 4.78 is 5.55. The molecule has 2 atom stereocenters. The smallest absolute Gasteiger partial charge is 0.223 e. The van der Waals surface area contributed by atoms with E-state index in [-0.39, 0.29) is 17.9 Å². The Morgan fingerprint density at radius 2 is 2.35 bits per heavy atom. The number of carbonyl (C=O) groups excluding carboxylic acids is 1. The summed E-state index contributed by atoms with van der Waals surface area (Å²) in [4.78, 5) is 10.9. The van der Waals surface area contributed by atoms with Crippen LogP contribution in [0.25, 0.3) is 0 Å². The Bertz CT molecular complexity index is 431. The summed E-state index contributed by atoms with van der Waals surface area (Å²) in [6.45, 7) is 2.08. The van der Waals surface area contributed by atoms with Gasteiger partial charge in [0, 0.05) is 6.04 Å². The number of nitrogens with two attached hydrogens (primary N) is 2. The highest BCUT2D eigenvalue weighted by molar-refractivity contribution is 5.76. The average Bonchev–Trinajstić information content (AvgIpc) is 2.67. The Balaban J connectivity index is 2.01. The molecule has 0 heterocycles. The molecule has 4 nitrogen and oxygen atoms in total. The van der Waals surface area contributed by atoms with E-state index in [9.17, 15) is 4.79 Å². The minimum atomic E-state index is -0.340. The number of primary amides is 1. The lowest BCUT2D eigenvalue weighted by molar-refractivity contribution is -0.122. The molecule has 1 aromatic rings. The largest absolute Gasteiger partial charge is 0.493 e. The number of fused-ring (bicyclic) bond motifs is 1. The second kappa shape index (κ2) is 4.75. The maximum Gasteiger partial charge on any atom is 0.223 e. The molecule has 1 aliphatic carbocycles. The van der Waals surface area contributed by atoms with Gasteiger partial charge in [0.25, 0.3) is 0 Å². The monoisotopic (exact) mass is 234 g/mol. The van der Waals surface area contributed by atoms with E-state index in [0.29, 0.717) is 6.61 Å². The zero-order valence-corrected chi connectivity index (χ0v) is 9.98. The lowest BCUT2D eigenvalue weighted by Gasteiger charge is -2.11. The van der Waals surface area contributed by atoms with E-state index in [1.165, 1.54) is 11.1 Å². The van der Waals surface area contributed by atoms with E-state index in [1.54, 1.807) is 6.92 Å². The van der Waals surface area contributed by atoms with E-state index < -0.39 is 0 Å². The Morgan fingerprint density at radius 1 is 1.59 bits per heavy atom. The van der Waals surface area contributed by atoms with E-state index in [1.807, 2.05) is 18.2 Å². The summed E-state index contributed by atoms with van der Waals surface area (Å²) in [5.41, 5.74) is 13.6. The number of carbonyl (C=O) groups is 1. The van der Waals surface area contributed by atoms with Crippen molar-refractivity contribution in [2.75, 3.05) is 6.61 Å². The fraction of sp³-hybridized carbons (Fsp3) is 0.462. The van der Waals surface area contributed by atoms with Crippen molar-refractivity contribution >= 4 is 5.91 Å². The Morgan fingerprint density at radius 3 is 3.06 bits per heavy atom. The van der Waals surface area contributed by atoms with Gasteiger partial charge in [-0.15, -0.1) is 0 Å². The van der Waals surface area contributed by atoms with Gasteiger partial charge in [-0.1, -0.05) is 13.0 Å². The number of benzene rings is 1. The van der Waals surface area contributed by atoms with Crippen molar-refractivity contribution in [1.29, 1.82) is 0 Å². The second-order valence-corrected chi connectivity index (χ2v) is 4.62. The van der Waals surface area contributed by atoms with E-state index >= 15 is 0 Å². The first-order valence-corrected chi connectivity index (χ1v) is 5.88. The minimum absolute atomic E-state index is 0.156. The minimum Gasteiger partial charge on any atom is -0.493 e. The molecule has 17 heavy (non-hydrogen) atoms. The van der Waals surface area contributed by atoms with Crippen LogP contribution in [-0.4, -0.2) is 12.5 Å². The van der Waals surface area contributed by atoms with Crippen LogP contribution in [0.5, 0.6) is 5.75 Å². The zero-order valence-electron chi connectivity index (χ0n) is 9.98. The van der Waals surface area contributed by atoms with Gasteiger partial charge >= 0.3 is 0 Å². The average molecular weight is 234 g/mol. The Labute approximate surface area is 101 Å². The maximum absolute atomic E-state index is 10.9. The summed E-state index contributed by atoms with van der Waals surface area (Å²) in [7, 11) is 0. The third kappa shape index (κ3) is 2.58. The van der Waals surface area contributed by atoms with Crippen LogP contribution in [0.1, 0.15) is 30.5 Å². The molecule has 0 aromatic heterocycles. The Hall–Kier alpha value is -1.55. The molecule has 0 aliphatic heterocycles. The van der Waals surface area contributed by atoms with Crippen molar-refractivity contribution in [2.45, 2.75) is 25.8 Å². The highest BCUT2D eigenvalue weighted by Crippen LogP contribution is 2.31. The van der Waals surface area contributed by atoms with Gasteiger partial charge in [-0.2, -0.15) is 0 Å². The van der Waals surface area contributed by atoms with Crippen LogP contribution in [0.3, 0.4) is 0 Å². The highest BCUT2D eigenvalue weighted by Gasteiger charge is 2.19. The molecule has 1 aliphatic rings. The third-order valence-corrected chi connectivity index (χ3v) is 3.22. The first-order chi connectivity index (χ1) is 8.08. The quantitative estimate of drug-likeness (QED) is 0.819. The van der Waals surface area contributed by atoms with E-state index in [2.05, 4.69) is 0 Å². The summed E-state index contributed by atoms with van der Waals surface area (Å²) in [6.07, 6.45) is 2.00.